The summed E-state index contributed by atoms with van der Waals surface area (Å²) in [5.41, 5.74) is 0. The Kier molecular flexibility index (Phi) is 4.43. The second-order valence-corrected chi connectivity index (χ2v) is 4.66. The van der Waals surface area contributed by atoms with Crippen LogP contribution in [0, 0.1) is 0 Å². The van der Waals surface area contributed by atoms with E-state index in [4.69, 9.17) is 5.11 Å². The minimum Gasteiger partial charge on any atom is -0.390 e. The second kappa shape index (κ2) is 5.16. The minimum atomic E-state index is -3.04. The van der Waals surface area contributed by atoms with E-state index < -0.39 is 19.1 Å². The van der Waals surface area contributed by atoms with Gasteiger partial charge in [0.2, 0.25) is 0 Å². The van der Waals surface area contributed by atoms with Crippen molar-refractivity contribution >= 4 is 27.3 Å². The van der Waals surface area contributed by atoms with Gasteiger partial charge in [0, 0.05) is 15.9 Å². The third kappa shape index (κ3) is 3.61. The van der Waals surface area contributed by atoms with Crippen LogP contribution in [0.4, 0.5) is 8.78 Å². The maximum absolute atomic E-state index is 12.6. The van der Waals surface area contributed by atoms with E-state index in [1.807, 2.05) is 11.4 Å². The summed E-state index contributed by atoms with van der Waals surface area (Å²) in [6, 6.07) is 1.87. The van der Waals surface area contributed by atoms with Crippen LogP contribution in [0.15, 0.2) is 15.9 Å². The third-order valence-corrected chi connectivity index (χ3v) is 3.52. The van der Waals surface area contributed by atoms with Crippen molar-refractivity contribution in [3.63, 3.8) is 0 Å². The fraction of sp³-hybridized carbons (Fsp3) is 0.500. The van der Waals surface area contributed by atoms with Gasteiger partial charge in [-0.25, -0.2) is 8.78 Å². The summed E-state index contributed by atoms with van der Waals surface area (Å²) in [6.45, 7) is -1.24. The predicted molar refractivity (Wildman–Crippen MR) is 55.8 cm³/mol. The van der Waals surface area contributed by atoms with E-state index in [-0.39, 0.29) is 0 Å². The molecule has 1 aromatic rings. The van der Waals surface area contributed by atoms with E-state index in [9.17, 15) is 8.78 Å². The smallest absolute Gasteiger partial charge is 0.282 e. The molecular formula is C8H10BrF2NOS. The van der Waals surface area contributed by atoms with Crippen molar-refractivity contribution in [1.82, 2.24) is 5.32 Å². The number of alkyl halides is 2. The first-order valence-electron chi connectivity index (χ1n) is 3.96. The zero-order valence-corrected chi connectivity index (χ0v) is 9.67. The van der Waals surface area contributed by atoms with Gasteiger partial charge in [0.05, 0.1) is 6.54 Å². The monoisotopic (exact) mass is 285 g/mol. The number of halogens is 3. The zero-order chi connectivity index (χ0) is 10.6. The topological polar surface area (TPSA) is 32.3 Å². The molecule has 80 valence electrons. The molecular weight excluding hydrogens is 276 g/mol. The second-order valence-electron chi connectivity index (χ2n) is 2.81. The highest BCUT2D eigenvalue weighted by Crippen LogP contribution is 2.22. The molecule has 0 radical (unpaired) electrons. The van der Waals surface area contributed by atoms with Gasteiger partial charge in [-0.1, -0.05) is 0 Å². The largest absolute Gasteiger partial charge is 0.390 e. The first kappa shape index (κ1) is 12.0. The van der Waals surface area contributed by atoms with E-state index in [1.165, 1.54) is 11.3 Å². The van der Waals surface area contributed by atoms with Gasteiger partial charge in [-0.2, -0.15) is 0 Å². The van der Waals surface area contributed by atoms with E-state index in [0.29, 0.717) is 6.54 Å². The van der Waals surface area contributed by atoms with E-state index in [1.54, 1.807) is 0 Å². The Labute approximate surface area is 93.1 Å². The lowest BCUT2D eigenvalue weighted by Crippen LogP contribution is -2.35. The zero-order valence-electron chi connectivity index (χ0n) is 7.27. The molecule has 0 aliphatic heterocycles. The number of nitrogens with one attached hydrogen (secondary N) is 1. The number of aliphatic hydroxyl groups is 1. The van der Waals surface area contributed by atoms with Crippen LogP contribution in [0.3, 0.4) is 0 Å². The molecule has 1 rings (SSSR count). The normalized spacial score (nSPS) is 12.0. The van der Waals surface area contributed by atoms with E-state index >= 15 is 0 Å². The number of rotatable bonds is 5. The maximum atomic E-state index is 12.6. The lowest BCUT2D eigenvalue weighted by molar-refractivity contribution is -0.0477. The lowest BCUT2D eigenvalue weighted by atomic mass is 10.3. The van der Waals surface area contributed by atoms with Crippen LogP contribution in [0.25, 0.3) is 0 Å². The first-order chi connectivity index (χ1) is 6.55. The summed E-state index contributed by atoms with van der Waals surface area (Å²) >= 11 is 4.79. The average Bonchev–Trinajstić information content (AvgIpc) is 2.52. The van der Waals surface area contributed by atoms with Crippen LogP contribution in [0.1, 0.15) is 4.88 Å². The molecule has 1 heterocycles. The van der Waals surface area contributed by atoms with Crippen molar-refractivity contribution in [2.24, 2.45) is 0 Å². The predicted octanol–water partition coefficient (Wildman–Crippen LogP) is 2.23. The summed E-state index contributed by atoms with van der Waals surface area (Å²) < 4.78 is 26.0. The summed E-state index contributed by atoms with van der Waals surface area (Å²) in [6.07, 6.45) is 0. The molecule has 2 N–H and O–H groups in total. The minimum absolute atomic E-state index is 0.383. The summed E-state index contributed by atoms with van der Waals surface area (Å²) in [7, 11) is 0. The van der Waals surface area contributed by atoms with Gasteiger partial charge in [0.25, 0.3) is 5.92 Å². The molecule has 2 nitrogen and oxygen atoms in total. The molecule has 0 saturated heterocycles. The first-order valence-corrected chi connectivity index (χ1v) is 5.64. The Bertz CT molecular complexity index is 293. The quantitative estimate of drug-likeness (QED) is 0.870. The highest BCUT2D eigenvalue weighted by Gasteiger charge is 2.26. The maximum Gasteiger partial charge on any atom is 0.282 e. The number of hydrogen-bond donors (Lipinski definition) is 2. The van der Waals surface area contributed by atoms with Gasteiger partial charge < -0.3 is 10.4 Å². The van der Waals surface area contributed by atoms with E-state index in [2.05, 4.69) is 21.2 Å². The molecule has 14 heavy (non-hydrogen) atoms. The fourth-order valence-corrected chi connectivity index (χ4v) is 2.33. The lowest BCUT2D eigenvalue weighted by Gasteiger charge is -2.13. The SMILES string of the molecule is OCC(F)(F)CNCc1sccc1Br. The summed E-state index contributed by atoms with van der Waals surface area (Å²) in [5, 5.41) is 12.8. The summed E-state index contributed by atoms with van der Waals surface area (Å²) in [4.78, 5) is 0.971. The van der Waals surface area contributed by atoms with Crippen LogP contribution >= 0.6 is 27.3 Å². The van der Waals surface area contributed by atoms with Gasteiger partial charge in [0.15, 0.2) is 0 Å². The van der Waals surface area contributed by atoms with Crippen molar-refractivity contribution in [1.29, 1.82) is 0 Å². The molecule has 0 saturated carbocycles. The van der Waals surface area contributed by atoms with Gasteiger partial charge in [0.1, 0.15) is 6.61 Å². The van der Waals surface area contributed by atoms with Gasteiger partial charge in [-0.05, 0) is 27.4 Å². The van der Waals surface area contributed by atoms with Crippen LogP contribution in [-0.4, -0.2) is 24.2 Å². The molecule has 0 fully saturated rings. The standard InChI is InChI=1S/C8H10BrF2NOS/c9-6-1-2-14-7(6)3-12-4-8(10,11)5-13/h1-2,12-13H,3-5H2. The molecule has 6 heteroatoms. The van der Waals surface area contributed by atoms with Crippen molar-refractivity contribution in [3.05, 3.63) is 20.8 Å². The molecule has 0 aliphatic carbocycles. The van der Waals surface area contributed by atoms with Crippen molar-refractivity contribution in [2.75, 3.05) is 13.2 Å². The molecule has 0 aliphatic rings. The van der Waals surface area contributed by atoms with Crippen molar-refractivity contribution in [3.8, 4) is 0 Å². The number of thiophene rings is 1. The Morgan fingerprint density at radius 2 is 2.29 bits per heavy atom. The van der Waals surface area contributed by atoms with E-state index in [0.717, 1.165) is 9.35 Å². The Morgan fingerprint density at radius 3 is 2.79 bits per heavy atom. The Morgan fingerprint density at radius 1 is 1.57 bits per heavy atom. The number of aliphatic hydroxyl groups excluding tert-OH is 1. The molecule has 0 bridgehead atoms. The van der Waals surface area contributed by atoms with Gasteiger partial charge >= 0.3 is 0 Å². The Balaban J connectivity index is 2.32. The van der Waals surface area contributed by atoms with Crippen molar-refractivity contribution < 1.29 is 13.9 Å². The van der Waals surface area contributed by atoms with Gasteiger partial charge in [-0.15, -0.1) is 11.3 Å². The average molecular weight is 286 g/mol. The highest BCUT2D eigenvalue weighted by atomic mass is 79.9. The third-order valence-electron chi connectivity index (χ3n) is 1.59. The molecule has 0 amide bonds. The molecule has 1 aromatic heterocycles. The summed E-state index contributed by atoms with van der Waals surface area (Å²) in [5.74, 6) is -3.04. The van der Waals surface area contributed by atoms with Crippen LogP contribution in [0.2, 0.25) is 0 Å². The number of hydrogen-bond acceptors (Lipinski definition) is 3. The van der Waals surface area contributed by atoms with Gasteiger partial charge in [-0.3, -0.25) is 0 Å². The van der Waals surface area contributed by atoms with Crippen LogP contribution < -0.4 is 5.32 Å². The molecule has 0 unspecified atom stereocenters. The Hall–Kier alpha value is -0.0400. The molecule has 0 aromatic carbocycles. The molecule has 0 spiro atoms. The molecule has 0 atom stereocenters. The van der Waals surface area contributed by atoms with Crippen molar-refractivity contribution in [2.45, 2.75) is 12.5 Å². The van der Waals surface area contributed by atoms with Crippen LogP contribution in [0.5, 0.6) is 0 Å². The van der Waals surface area contributed by atoms with Crippen LogP contribution in [-0.2, 0) is 6.54 Å². The fourth-order valence-electron chi connectivity index (χ4n) is 0.866. The highest BCUT2D eigenvalue weighted by molar-refractivity contribution is 9.10.